The van der Waals surface area contributed by atoms with E-state index in [-0.39, 0.29) is 10.6 Å². The normalized spacial score (nSPS) is 16.2. The van der Waals surface area contributed by atoms with Gasteiger partial charge in [-0.2, -0.15) is 13.2 Å². The zero-order chi connectivity index (χ0) is 15.1. The molecule has 1 saturated carbocycles. The molecular formula is C13H16F3NO2S. The van der Waals surface area contributed by atoms with Crippen LogP contribution < -0.4 is 4.90 Å². The first-order valence-electron chi connectivity index (χ1n) is 6.21. The Bertz CT molecular complexity index is 607. The molecule has 0 radical (unpaired) electrons. The van der Waals surface area contributed by atoms with Gasteiger partial charge in [0, 0.05) is 25.5 Å². The lowest BCUT2D eigenvalue weighted by Crippen LogP contribution is -2.24. The molecule has 0 aliphatic heterocycles. The number of hydrogen-bond donors (Lipinski definition) is 0. The highest BCUT2D eigenvalue weighted by Crippen LogP contribution is 2.39. The van der Waals surface area contributed by atoms with Crippen molar-refractivity contribution in [1.82, 2.24) is 0 Å². The van der Waals surface area contributed by atoms with Crippen molar-refractivity contribution in [2.75, 3.05) is 24.7 Å². The van der Waals surface area contributed by atoms with Crippen LogP contribution in [-0.2, 0) is 16.0 Å². The Balaban J connectivity index is 2.45. The minimum absolute atomic E-state index is 0.0248. The summed E-state index contributed by atoms with van der Waals surface area (Å²) in [5, 5.41) is 0. The van der Waals surface area contributed by atoms with Gasteiger partial charge >= 0.3 is 6.18 Å². The van der Waals surface area contributed by atoms with Gasteiger partial charge in [0.1, 0.15) is 0 Å². The Morgan fingerprint density at radius 2 is 1.90 bits per heavy atom. The molecular weight excluding hydrogens is 291 g/mol. The van der Waals surface area contributed by atoms with E-state index in [9.17, 15) is 21.6 Å². The molecule has 1 aromatic carbocycles. The number of sulfone groups is 1. The molecule has 20 heavy (non-hydrogen) atoms. The largest absolute Gasteiger partial charge is 0.418 e. The van der Waals surface area contributed by atoms with E-state index in [4.69, 9.17) is 0 Å². The van der Waals surface area contributed by atoms with Crippen LogP contribution in [0.2, 0.25) is 0 Å². The summed E-state index contributed by atoms with van der Waals surface area (Å²) in [6.45, 7) is 0.557. The van der Waals surface area contributed by atoms with Crippen molar-refractivity contribution in [1.29, 1.82) is 0 Å². The Kier molecular flexibility index (Phi) is 3.75. The zero-order valence-electron chi connectivity index (χ0n) is 11.2. The van der Waals surface area contributed by atoms with Gasteiger partial charge in [-0.1, -0.05) is 0 Å². The first kappa shape index (κ1) is 15.2. The van der Waals surface area contributed by atoms with E-state index in [0.717, 1.165) is 19.1 Å². The molecule has 0 atom stereocenters. The summed E-state index contributed by atoms with van der Waals surface area (Å²) in [5.74, 6) is 0.440. The Hall–Kier alpha value is -1.24. The van der Waals surface area contributed by atoms with Gasteiger partial charge in [-0.15, -0.1) is 0 Å². The molecule has 7 heteroatoms. The van der Waals surface area contributed by atoms with E-state index in [1.54, 1.807) is 11.9 Å². The maximum Gasteiger partial charge on any atom is 0.418 e. The van der Waals surface area contributed by atoms with Crippen molar-refractivity contribution in [2.45, 2.75) is 23.9 Å². The van der Waals surface area contributed by atoms with Gasteiger partial charge in [-0.05, 0) is 37.0 Å². The molecule has 1 aliphatic rings. The van der Waals surface area contributed by atoms with Crippen molar-refractivity contribution in [3.63, 3.8) is 0 Å². The topological polar surface area (TPSA) is 37.4 Å². The van der Waals surface area contributed by atoms with E-state index in [1.807, 2.05) is 0 Å². The van der Waals surface area contributed by atoms with Crippen molar-refractivity contribution in [3.8, 4) is 0 Å². The van der Waals surface area contributed by atoms with E-state index in [0.29, 0.717) is 18.5 Å². The number of rotatable bonds is 4. The first-order valence-corrected chi connectivity index (χ1v) is 8.10. The zero-order valence-corrected chi connectivity index (χ0v) is 12.1. The monoisotopic (exact) mass is 307 g/mol. The van der Waals surface area contributed by atoms with Gasteiger partial charge in [0.15, 0.2) is 9.84 Å². The van der Waals surface area contributed by atoms with Crippen molar-refractivity contribution in [2.24, 2.45) is 5.92 Å². The number of halogens is 3. The third kappa shape index (κ3) is 3.45. The number of alkyl halides is 3. The fourth-order valence-corrected chi connectivity index (χ4v) is 2.74. The van der Waals surface area contributed by atoms with E-state index >= 15 is 0 Å². The van der Waals surface area contributed by atoms with Crippen LogP contribution in [-0.4, -0.2) is 28.3 Å². The van der Waals surface area contributed by atoms with Crippen molar-refractivity contribution in [3.05, 3.63) is 23.8 Å². The van der Waals surface area contributed by atoms with Gasteiger partial charge in [-0.3, -0.25) is 0 Å². The Morgan fingerprint density at radius 3 is 2.35 bits per heavy atom. The lowest BCUT2D eigenvalue weighted by atomic mass is 10.1. The van der Waals surface area contributed by atoms with E-state index in [2.05, 4.69) is 0 Å². The maximum atomic E-state index is 13.1. The first-order chi connectivity index (χ1) is 9.09. The lowest BCUT2D eigenvalue weighted by Gasteiger charge is -2.24. The minimum Gasteiger partial charge on any atom is -0.374 e. The summed E-state index contributed by atoms with van der Waals surface area (Å²) >= 11 is 0. The predicted molar refractivity (Wildman–Crippen MR) is 70.5 cm³/mol. The van der Waals surface area contributed by atoms with Gasteiger partial charge in [-0.25, -0.2) is 8.42 Å². The smallest absolute Gasteiger partial charge is 0.374 e. The molecule has 1 fully saturated rings. The predicted octanol–water partition coefficient (Wildman–Crippen LogP) is 2.96. The van der Waals surface area contributed by atoms with Crippen LogP contribution in [0, 0.1) is 5.92 Å². The van der Waals surface area contributed by atoms with Gasteiger partial charge < -0.3 is 4.90 Å². The molecule has 0 aromatic heterocycles. The number of anilines is 1. The lowest BCUT2D eigenvalue weighted by molar-refractivity contribution is -0.137. The molecule has 112 valence electrons. The van der Waals surface area contributed by atoms with Gasteiger partial charge in [0.25, 0.3) is 0 Å². The van der Waals surface area contributed by atoms with Crippen LogP contribution in [0.5, 0.6) is 0 Å². The fraction of sp³-hybridized carbons (Fsp3) is 0.538. The highest BCUT2D eigenvalue weighted by molar-refractivity contribution is 7.90. The Morgan fingerprint density at radius 1 is 1.30 bits per heavy atom. The average molecular weight is 307 g/mol. The molecule has 2 rings (SSSR count). The standard InChI is InChI=1S/C13H16F3NO2S/c1-17(8-9-3-4-9)12-6-5-10(20(2,18)19)7-11(12)13(14,15)16/h5-7,9H,3-4,8H2,1-2H3. The SMILES string of the molecule is CN(CC1CC1)c1ccc(S(C)(=O)=O)cc1C(F)(F)F. The van der Waals surface area contributed by atoms with Crippen LogP contribution in [0.15, 0.2) is 23.1 Å². The molecule has 3 nitrogen and oxygen atoms in total. The summed E-state index contributed by atoms with van der Waals surface area (Å²) in [6, 6.07) is 3.18. The molecule has 1 aliphatic carbocycles. The molecule has 0 bridgehead atoms. The third-order valence-corrected chi connectivity index (χ3v) is 4.45. The molecule has 0 N–H and O–H groups in total. The molecule has 0 saturated heterocycles. The highest BCUT2D eigenvalue weighted by atomic mass is 32.2. The molecule has 1 aromatic rings. The fourth-order valence-electron chi connectivity index (χ4n) is 2.09. The van der Waals surface area contributed by atoms with Crippen LogP contribution in [0.25, 0.3) is 0 Å². The second-order valence-corrected chi connectivity index (χ2v) is 7.29. The van der Waals surface area contributed by atoms with E-state index in [1.165, 1.54) is 12.1 Å². The highest BCUT2D eigenvalue weighted by Gasteiger charge is 2.36. The average Bonchev–Trinajstić information content (AvgIpc) is 3.09. The summed E-state index contributed by atoms with van der Waals surface area (Å²) in [4.78, 5) is 1.24. The molecule has 0 amide bonds. The summed E-state index contributed by atoms with van der Waals surface area (Å²) in [7, 11) is -2.06. The van der Waals surface area contributed by atoms with Crippen molar-refractivity contribution < 1.29 is 21.6 Å². The summed E-state index contributed by atoms with van der Waals surface area (Å²) in [6.07, 6.45) is -1.61. The second-order valence-electron chi connectivity index (χ2n) is 5.27. The quantitative estimate of drug-likeness (QED) is 0.858. The Labute approximate surface area is 116 Å². The molecule has 0 heterocycles. The van der Waals surface area contributed by atoms with Crippen LogP contribution in [0.1, 0.15) is 18.4 Å². The second kappa shape index (κ2) is 4.95. The molecule has 0 spiro atoms. The van der Waals surface area contributed by atoms with Crippen LogP contribution >= 0.6 is 0 Å². The van der Waals surface area contributed by atoms with E-state index < -0.39 is 21.6 Å². The number of benzene rings is 1. The van der Waals surface area contributed by atoms with Gasteiger partial charge in [0.05, 0.1) is 10.5 Å². The van der Waals surface area contributed by atoms with Crippen LogP contribution in [0.3, 0.4) is 0 Å². The summed E-state index contributed by atoms with van der Waals surface area (Å²) in [5.41, 5.74) is -0.875. The number of nitrogens with zero attached hydrogens (tertiary/aromatic N) is 1. The van der Waals surface area contributed by atoms with Crippen molar-refractivity contribution >= 4 is 15.5 Å². The van der Waals surface area contributed by atoms with Crippen LogP contribution in [0.4, 0.5) is 18.9 Å². The van der Waals surface area contributed by atoms with Gasteiger partial charge in [0.2, 0.25) is 0 Å². The maximum absolute atomic E-state index is 13.1. The summed E-state index contributed by atoms with van der Waals surface area (Å²) < 4.78 is 62.1. The third-order valence-electron chi connectivity index (χ3n) is 3.34. The number of hydrogen-bond acceptors (Lipinski definition) is 3. The minimum atomic E-state index is -4.58. The molecule has 0 unspecified atom stereocenters.